The predicted molar refractivity (Wildman–Crippen MR) is 108 cm³/mol. The number of fused-ring (bicyclic) bond motifs is 1. The van der Waals surface area contributed by atoms with Gasteiger partial charge in [0.05, 0.1) is 0 Å². The highest BCUT2D eigenvalue weighted by Gasteiger charge is 2.06. The average Bonchev–Trinajstić information content (AvgIpc) is 3.08. The van der Waals surface area contributed by atoms with Gasteiger partial charge >= 0.3 is 6.03 Å². The smallest absolute Gasteiger partial charge is 0.323 e. The van der Waals surface area contributed by atoms with Crippen molar-refractivity contribution in [2.75, 3.05) is 10.6 Å². The minimum atomic E-state index is -0.261. The summed E-state index contributed by atoms with van der Waals surface area (Å²) < 4.78 is 0. The molecule has 26 heavy (non-hydrogen) atoms. The number of hydrogen-bond acceptors (Lipinski definition) is 1. The standard InChI is InChI=1S/C22H19N3O/c1-15-9-11-18(12-10-15)23-22(26)24-19-7-4-6-16(13-19)21-14-17-5-2-3-8-20(17)25-21/h2-14,25H,1H3,(H2,23,24,26). The molecular formula is C22H19N3O. The first-order valence-corrected chi connectivity index (χ1v) is 8.50. The lowest BCUT2D eigenvalue weighted by Crippen LogP contribution is -2.19. The van der Waals surface area contributed by atoms with Crippen molar-refractivity contribution in [3.63, 3.8) is 0 Å². The van der Waals surface area contributed by atoms with E-state index in [2.05, 4.69) is 33.8 Å². The number of carbonyl (C=O) groups is 1. The number of aromatic nitrogens is 1. The molecule has 0 spiro atoms. The Labute approximate surface area is 151 Å². The van der Waals surface area contributed by atoms with Crippen LogP contribution in [0.1, 0.15) is 5.56 Å². The Kier molecular flexibility index (Phi) is 4.15. The summed E-state index contributed by atoms with van der Waals surface area (Å²) in [5.41, 5.74) is 5.80. The lowest BCUT2D eigenvalue weighted by molar-refractivity contribution is 0.262. The Hall–Kier alpha value is -3.53. The topological polar surface area (TPSA) is 56.9 Å². The molecule has 0 saturated heterocycles. The summed E-state index contributed by atoms with van der Waals surface area (Å²) >= 11 is 0. The van der Waals surface area contributed by atoms with Crippen molar-refractivity contribution in [2.45, 2.75) is 6.92 Å². The molecule has 1 aromatic heterocycles. The van der Waals surface area contributed by atoms with Crippen molar-refractivity contribution in [3.8, 4) is 11.3 Å². The Morgan fingerprint density at radius 1 is 0.808 bits per heavy atom. The molecule has 0 fully saturated rings. The highest BCUT2D eigenvalue weighted by atomic mass is 16.2. The van der Waals surface area contributed by atoms with Gasteiger partial charge in [0.15, 0.2) is 0 Å². The molecular weight excluding hydrogens is 322 g/mol. The van der Waals surface area contributed by atoms with Gasteiger partial charge in [0, 0.05) is 33.5 Å². The van der Waals surface area contributed by atoms with Crippen molar-refractivity contribution < 1.29 is 4.79 Å². The Morgan fingerprint density at radius 2 is 1.58 bits per heavy atom. The third-order valence-electron chi connectivity index (χ3n) is 4.27. The number of amides is 2. The van der Waals surface area contributed by atoms with E-state index in [1.807, 2.05) is 67.6 Å². The second-order valence-corrected chi connectivity index (χ2v) is 6.30. The van der Waals surface area contributed by atoms with E-state index in [0.29, 0.717) is 0 Å². The lowest BCUT2D eigenvalue weighted by atomic mass is 10.1. The van der Waals surface area contributed by atoms with Gasteiger partial charge in [-0.1, -0.05) is 48.0 Å². The van der Waals surface area contributed by atoms with Gasteiger partial charge in [-0.2, -0.15) is 0 Å². The molecule has 0 bridgehead atoms. The average molecular weight is 341 g/mol. The van der Waals surface area contributed by atoms with Crippen molar-refractivity contribution in [3.05, 3.63) is 84.4 Å². The predicted octanol–water partition coefficient (Wildman–Crippen LogP) is 5.79. The number of aryl methyl sites for hydroxylation is 1. The second kappa shape index (κ2) is 6.76. The maximum Gasteiger partial charge on any atom is 0.323 e. The van der Waals surface area contributed by atoms with E-state index < -0.39 is 0 Å². The van der Waals surface area contributed by atoms with Gasteiger partial charge in [0.25, 0.3) is 0 Å². The highest BCUT2D eigenvalue weighted by Crippen LogP contribution is 2.26. The SMILES string of the molecule is Cc1ccc(NC(=O)Nc2cccc(-c3cc4ccccc4[nH]3)c2)cc1. The largest absolute Gasteiger partial charge is 0.355 e. The molecule has 4 aromatic rings. The summed E-state index contributed by atoms with van der Waals surface area (Å²) in [7, 11) is 0. The van der Waals surface area contributed by atoms with Gasteiger partial charge in [-0.3, -0.25) is 0 Å². The monoisotopic (exact) mass is 341 g/mol. The van der Waals surface area contributed by atoms with Crippen LogP contribution >= 0.6 is 0 Å². The number of para-hydroxylation sites is 1. The Balaban J connectivity index is 1.51. The molecule has 0 aliphatic carbocycles. The molecule has 1 heterocycles. The summed E-state index contributed by atoms with van der Waals surface area (Å²) in [6.45, 7) is 2.01. The van der Waals surface area contributed by atoms with Crippen LogP contribution in [0.5, 0.6) is 0 Å². The quantitative estimate of drug-likeness (QED) is 0.434. The number of H-pyrrole nitrogens is 1. The number of aromatic amines is 1. The van der Waals surface area contributed by atoms with E-state index in [9.17, 15) is 4.79 Å². The molecule has 0 saturated carbocycles. The number of carbonyl (C=O) groups excluding carboxylic acids is 1. The van der Waals surface area contributed by atoms with Gasteiger partial charge in [0.2, 0.25) is 0 Å². The fourth-order valence-electron chi connectivity index (χ4n) is 2.92. The maximum absolute atomic E-state index is 12.2. The number of benzene rings is 3. The molecule has 3 aromatic carbocycles. The van der Waals surface area contributed by atoms with Crippen LogP contribution in [0.25, 0.3) is 22.2 Å². The summed E-state index contributed by atoms with van der Waals surface area (Å²) in [5, 5.41) is 6.89. The van der Waals surface area contributed by atoms with Crippen molar-refractivity contribution in [2.24, 2.45) is 0 Å². The van der Waals surface area contributed by atoms with E-state index >= 15 is 0 Å². The van der Waals surface area contributed by atoms with Crippen LogP contribution in [0.4, 0.5) is 16.2 Å². The van der Waals surface area contributed by atoms with Gasteiger partial charge in [0.1, 0.15) is 0 Å². The van der Waals surface area contributed by atoms with Crippen LogP contribution in [0.2, 0.25) is 0 Å². The molecule has 0 aliphatic heterocycles. The number of urea groups is 1. The zero-order valence-corrected chi connectivity index (χ0v) is 14.4. The maximum atomic E-state index is 12.2. The van der Waals surface area contributed by atoms with Crippen molar-refractivity contribution in [1.29, 1.82) is 0 Å². The molecule has 0 aliphatic rings. The molecule has 3 N–H and O–H groups in total. The summed E-state index contributed by atoms with van der Waals surface area (Å²) in [6, 6.07) is 25.5. The molecule has 0 unspecified atom stereocenters. The fraction of sp³-hybridized carbons (Fsp3) is 0.0455. The number of nitrogens with one attached hydrogen (secondary N) is 3. The van der Waals surface area contributed by atoms with E-state index in [-0.39, 0.29) is 6.03 Å². The lowest BCUT2D eigenvalue weighted by Gasteiger charge is -2.09. The Morgan fingerprint density at radius 3 is 2.38 bits per heavy atom. The van der Waals surface area contributed by atoms with Crippen LogP contribution in [0.15, 0.2) is 78.9 Å². The van der Waals surface area contributed by atoms with Crippen molar-refractivity contribution >= 4 is 28.3 Å². The number of rotatable bonds is 3. The van der Waals surface area contributed by atoms with Crippen LogP contribution in [-0.2, 0) is 0 Å². The van der Waals surface area contributed by atoms with Crippen molar-refractivity contribution in [1.82, 2.24) is 4.98 Å². The molecule has 4 nitrogen and oxygen atoms in total. The molecule has 4 rings (SSSR count). The molecule has 0 atom stereocenters. The summed E-state index contributed by atoms with van der Waals surface area (Å²) in [6.07, 6.45) is 0. The first-order valence-electron chi connectivity index (χ1n) is 8.50. The third-order valence-corrected chi connectivity index (χ3v) is 4.27. The fourth-order valence-corrected chi connectivity index (χ4v) is 2.92. The van der Waals surface area contributed by atoms with Crippen LogP contribution < -0.4 is 10.6 Å². The van der Waals surface area contributed by atoms with Crippen LogP contribution in [0, 0.1) is 6.92 Å². The Bertz CT molecular complexity index is 1030. The highest BCUT2D eigenvalue weighted by molar-refractivity contribution is 6.00. The van der Waals surface area contributed by atoms with Gasteiger partial charge in [-0.05, 0) is 43.3 Å². The van der Waals surface area contributed by atoms with E-state index in [0.717, 1.165) is 39.1 Å². The zero-order valence-electron chi connectivity index (χ0n) is 14.4. The molecule has 0 radical (unpaired) electrons. The second-order valence-electron chi connectivity index (χ2n) is 6.30. The summed E-state index contributed by atoms with van der Waals surface area (Å²) in [5.74, 6) is 0. The molecule has 2 amide bonds. The van der Waals surface area contributed by atoms with E-state index in [4.69, 9.17) is 0 Å². The number of hydrogen-bond donors (Lipinski definition) is 3. The van der Waals surface area contributed by atoms with Gasteiger partial charge in [-0.25, -0.2) is 4.79 Å². The minimum Gasteiger partial charge on any atom is -0.355 e. The first kappa shape index (κ1) is 16.0. The first-order chi connectivity index (χ1) is 12.7. The third kappa shape index (κ3) is 3.44. The van der Waals surface area contributed by atoms with Gasteiger partial charge < -0.3 is 15.6 Å². The van der Waals surface area contributed by atoms with Crippen LogP contribution in [-0.4, -0.2) is 11.0 Å². The van der Waals surface area contributed by atoms with Gasteiger partial charge in [-0.15, -0.1) is 0 Å². The summed E-state index contributed by atoms with van der Waals surface area (Å²) in [4.78, 5) is 15.6. The zero-order chi connectivity index (χ0) is 17.9. The van der Waals surface area contributed by atoms with E-state index in [1.165, 1.54) is 0 Å². The minimum absolute atomic E-state index is 0.261. The normalized spacial score (nSPS) is 10.7. The molecule has 4 heteroatoms. The van der Waals surface area contributed by atoms with Crippen LogP contribution in [0.3, 0.4) is 0 Å². The molecule has 128 valence electrons. The number of anilines is 2. The van der Waals surface area contributed by atoms with E-state index in [1.54, 1.807) is 0 Å².